The van der Waals surface area contributed by atoms with E-state index in [1.54, 1.807) is 0 Å². The molecule has 0 saturated heterocycles. The Hall–Kier alpha value is -1.28. The average Bonchev–Trinajstić information content (AvgIpc) is 2.17. The van der Waals surface area contributed by atoms with Crippen LogP contribution in [0, 0.1) is 0 Å². The van der Waals surface area contributed by atoms with Crippen LogP contribution < -0.4 is 10.1 Å². The molecule has 1 aromatic rings. The van der Waals surface area contributed by atoms with Crippen LogP contribution in [0.25, 0.3) is 6.08 Å². The Kier molecular flexibility index (Phi) is 5.06. The minimum atomic E-state index is 0.220. The van der Waals surface area contributed by atoms with E-state index in [4.69, 9.17) is 4.74 Å². The summed E-state index contributed by atoms with van der Waals surface area (Å²) in [6, 6.07) is 8.17. The molecule has 0 unspecified atom stereocenters. The van der Waals surface area contributed by atoms with Gasteiger partial charge in [-0.15, -0.1) is 0 Å². The van der Waals surface area contributed by atoms with E-state index in [2.05, 4.69) is 30.4 Å². The molecule has 0 aliphatic heterocycles. The Bertz CT molecular complexity index is 356. The van der Waals surface area contributed by atoms with Gasteiger partial charge < -0.3 is 10.1 Å². The van der Waals surface area contributed by atoms with E-state index in [1.807, 2.05) is 33.0 Å². The molecule has 0 atom stereocenters. The molecule has 2 heteroatoms. The molecule has 0 spiro atoms. The monoisotopic (exact) mass is 219 g/mol. The largest absolute Gasteiger partial charge is 0.491 e. The van der Waals surface area contributed by atoms with Gasteiger partial charge in [-0.2, -0.15) is 0 Å². The maximum Gasteiger partial charge on any atom is 0.120 e. The third-order valence-electron chi connectivity index (χ3n) is 2.10. The van der Waals surface area contributed by atoms with E-state index in [1.165, 1.54) is 11.1 Å². The maximum atomic E-state index is 5.65. The zero-order valence-corrected chi connectivity index (χ0v) is 10.6. The molecule has 1 N–H and O–H groups in total. The fourth-order valence-electron chi connectivity index (χ4n) is 1.56. The summed E-state index contributed by atoms with van der Waals surface area (Å²) in [7, 11) is 1.95. The van der Waals surface area contributed by atoms with Crippen molar-refractivity contribution in [3.8, 4) is 5.75 Å². The van der Waals surface area contributed by atoms with Crippen molar-refractivity contribution in [2.45, 2.75) is 26.9 Å². The van der Waals surface area contributed by atoms with Gasteiger partial charge in [0, 0.05) is 6.54 Å². The lowest BCUT2D eigenvalue weighted by Crippen LogP contribution is -2.08. The predicted molar refractivity (Wildman–Crippen MR) is 69.8 cm³/mol. The molecule has 0 amide bonds. The zero-order valence-electron chi connectivity index (χ0n) is 10.6. The van der Waals surface area contributed by atoms with Crippen LogP contribution in [0.1, 0.15) is 26.3 Å². The number of hydrogen-bond acceptors (Lipinski definition) is 2. The van der Waals surface area contributed by atoms with Gasteiger partial charge in [0.1, 0.15) is 5.75 Å². The molecule has 0 saturated carbocycles. The van der Waals surface area contributed by atoms with Crippen LogP contribution in [0.3, 0.4) is 0 Å². The Morgan fingerprint density at radius 1 is 1.44 bits per heavy atom. The first kappa shape index (κ1) is 12.8. The summed E-state index contributed by atoms with van der Waals surface area (Å²) in [5.74, 6) is 0.931. The second-order valence-corrected chi connectivity index (χ2v) is 4.26. The number of hydrogen-bond donors (Lipinski definition) is 1. The molecule has 0 aliphatic rings. The van der Waals surface area contributed by atoms with Gasteiger partial charge in [-0.3, -0.25) is 0 Å². The van der Waals surface area contributed by atoms with Crippen molar-refractivity contribution >= 4 is 6.08 Å². The molecular weight excluding hydrogens is 198 g/mol. The van der Waals surface area contributed by atoms with Crippen LogP contribution in [0.2, 0.25) is 0 Å². The molecule has 0 aliphatic carbocycles. The first-order chi connectivity index (χ1) is 7.61. The van der Waals surface area contributed by atoms with Gasteiger partial charge in [-0.1, -0.05) is 23.8 Å². The summed E-state index contributed by atoms with van der Waals surface area (Å²) in [6.45, 7) is 7.10. The van der Waals surface area contributed by atoms with Crippen LogP contribution in [0.4, 0.5) is 0 Å². The van der Waals surface area contributed by atoms with E-state index in [9.17, 15) is 0 Å². The summed E-state index contributed by atoms with van der Waals surface area (Å²) in [5.41, 5.74) is 2.50. The van der Waals surface area contributed by atoms with Gasteiger partial charge >= 0.3 is 0 Å². The Morgan fingerprint density at radius 2 is 2.19 bits per heavy atom. The highest BCUT2D eigenvalue weighted by molar-refractivity contribution is 5.54. The predicted octanol–water partition coefficient (Wildman–Crippen LogP) is 3.10. The van der Waals surface area contributed by atoms with E-state index in [0.29, 0.717) is 0 Å². The number of ether oxygens (including phenoxy) is 1. The van der Waals surface area contributed by atoms with Crippen LogP contribution in [-0.4, -0.2) is 19.7 Å². The van der Waals surface area contributed by atoms with E-state index in [0.717, 1.165) is 12.3 Å². The van der Waals surface area contributed by atoms with Gasteiger partial charge in [-0.25, -0.2) is 0 Å². The lowest BCUT2D eigenvalue weighted by molar-refractivity contribution is 0.242. The molecule has 2 nitrogen and oxygen atoms in total. The van der Waals surface area contributed by atoms with E-state index in [-0.39, 0.29) is 6.10 Å². The van der Waals surface area contributed by atoms with Crippen LogP contribution in [-0.2, 0) is 0 Å². The number of rotatable bonds is 5. The summed E-state index contributed by atoms with van der Waals surface area (Å²) >= 11 is 0. The molecular formula is C14H21NO. The highest BCUT2D eigenvalue weighted by Crippen LogP contribution is 2.16. The van der Waals surface area contributed by atoms with Crippen molar-refractivity contribution in [1.82, 2.24) is 5.32 Å². The number of nitrogens with one attached hydrogen (secondary N) is 1. The second-order valence-electron chi connectivity index (χ2n) is 4.26. The first-order valence-electron chi connectivity index (χ1n) is 5.70. The van der Waals surface area contributed by atoms with Crippen molar-refractivity contribution in [1.29, 1.82) is 0 Å². The fraction of sp³-hybridized carbons (Fsp3) is 0.429. The summed E-state index contributed by atoms with van der Waals surface area (Å²) < 4.78 is 5.65. The lowest BCUT2D eigenvalue weighted by atomic mass is 10.1. The maximum absolute atomic E-state index is 5.65. The Labute approximate surface area is 98.3 Å². The topological polar surface area (TPSA) is 21.3 Å². The van der Waals surface area contributed by atoms with Crippen molar-refractivity contribution in [3.63, 3.8) is 0 Å². The zero-order chi connectivity index (χ0) is 12.0. The van der Waals surface area contributed by atoms with Gasteiger partial charge in [0.15, 0.2) is 0 Å². The van der Waals surface area contributed by atoms with Crippen molar-refractivity contribution in [2.75, 3.05) is 13.6 Å². The third-order valence-corrected chi connectivity index (χ3v) is 2.10. The first-order valence-corrected chi connectivity index (χ1v) is 5.70. The Balaban J connectivity index is 2.78. The lowest BCUT2D eigenvalue weighted by Gasteiger charge is -2.10. The highest BCUT2D eigenvalue weighted by atomic mass is 16.5. The van der Waals surface area contributed by atoms with Crippen LogP contribution in [0.15, 0.2) is 29.8 Å². The number of likely N-dealkylation sites (N-methyl/N-ethyl adjacent to an activating group) is 1. The summed E-state index contributed by atoms with van der Waals surface area (Å²) in [5, 5.41) is 3.14. The van der Waals surface area contributed by atoms with Crippen molar-refractivity contribution < 1.29 is 4.74 Å². The summed E-state index contributed by atoms with van der Waals surface area (Å²) in [6.07, 6.45) is 2.39. The van der Waals surface area contributed by atoms with Crippen molar-refractivity contribution in [3.05, 3.63) is 35.4 Å². The van der Waals surface area contributed by atoms with Gasteiger partial charge in [-0.05, 0) is 45.5 Å². The van der Waals surface area contributed by atoms with Gasteiger partial charge in [0.25, 0.3) is 0 Å². The Morgan fingerprint density at radius 3 is 2.81 bits per heavy atom. The SMILES string of the molecule is CNCC(C)=Cc1cccc(OC(C)C)c1. The molecule has 1 aromatic carbocycles. The molecule has 1 rings (SSSR count). The van der Waals surface area contributed by atoms with E-state index >= 15 is 0 Å². The highest BCUT2D eigenvalue weighted by Gasteiger charge is 1.98. The molecule has 0 radical (unpaired) electrons. The second kappa shape index (κ2) is 6.33. The van der Waals surface area contributed by atoms with Crippen LogP contribution >= 0.6 is 0 Å². The summed E-state index contributed by atoms with van der Waals surface area (Å²) in [4.78, 5) is 0. The molecule has 88 valence electrons. The standard InChI is InChI=1S/C14H21NO/c1-11(2)16-14-7-5-6-13(9-14)8-12(3)10-15-4/h5-9,11,15H,10H2,1-4H3. The van der Waals surface area contributed by atoms with Gasteiger partial charge in [0.2, 0.25) is 0 Å². The smallest absolute Gasteiger partial charge is 0.120 e. The van der Waals surface area contributed by atoms with Crippen molar-refractivity contribution in [2.24, 2.45) is 0 Å². The molecule has 0 bridgehead atoms. The fourth-order valence-corrected chi connectivity index (χ4v) is 1.56. The minimum absolute atomic E-state index is 0.220. The molecule has 0 fully saturated rings. The third kappa shape index (κ3) is 4.49. The number of benzene rings is 1. The quantitative estimate of drug-likeness (QED) is 0.821. The molecule has 0 heterocycles. The molecule has 16 heavy (non-hydrogen) atoms. The average molecular weight is 219 g/mol. The van der Waals surface area contributed by atoms with E-state index < -0.39 is 0 Å². The van der Waals surface area contributed by atoms with Gasteiger partial charge in [0.05, 0.1) is 6.10 Å². The normalized spacial score (nSPS) is 11.9. The van der Waals surface area contributed by atoms with Crippen LogP contribution in [0.5, 0.6) is 5.75 Å². The molecule has 0 aromatic heterocycles. The minimum Gasteiger partial charge on any atom is -0.491 e.